The van der Waals surface area contributed by atoms with E-state index < -0.39 is 87.7 Å². The van der Waals surface area contributed by atoms with Crippen molar-refractivity contribution >= 4 is 35.3 Å². The number of amides is 1. The molecule has 0 aromatic heterocycles. The second kappa shape index (κ2) is 7.54. The van der Waals surface area contributed by atoms with Crippen LogP contribution in [0.1, 0.15) is 36.0 Å². The van der Waals surface area contributed by atoms with Crippen LogP contribution < -0.4 is 5.73 Å². The van der Waals surface area contributed by atoms with Crippen molar-refractivity contribution in [3.8, 4) is 5.75 Å². The highest BCUT2D eigenvalue weighted by Crippen LogP contribution is 2.55. The zero-order valence-corrected chi connectivity index (χ0v) is 17.7. The van der Waals surface area contributed by atoms with E-state index in [0.717, 1.165) is 12.2 Å². The molecule has 3 aliphatic rings. The molecule has 0 unspecified atom stereocenters. The van der Waals surface area contributed by atoms with Crippen LogP contribution in [0.25, 0.3) is 11.8 Å². The van der Waals surface area contributed by atoms with Crippen molar-refractivity contribution in [3.05, 3.63) is 51.8 Å². The minimum absolute atomic E-state index is 0.0152. The van der Waals surface area contributed by atoms with Crippen LogP contribution in [0.4, 0.5) is 0 Å². The number of phenols is 1. The average Bonchev–Trinajstić information content (AvgIpc) is 2.75. The maximum atomic E-state index is 13.5. The van der Waals surface area contributed by atoms with Gasteiger partial charge >= 0.3 is 5.97 Å². The van der Waals surface area contributed by atoms with E-state index in [1.807, 2.05) is 0 Å². The number of carboxylic acid groups (broad SMARTS) is 1. The van der Waals surface area contributed by atoms with E-state index in [2.05, 4.69) is 0 Å². The monoisotopic (exact) mass is 471 g/mol. The molecule has 0 heterocycles. The van der Waals surface area contributed by atoms with Crippen LogP contribution in [0.3, 0.4) is 0 Å². The summed E-state index contributed by atoms with van der Waals surface area (Å²) in [5.74, 6) is -10.8. The predicted octanol–water partition coefficient (Wildman–Crippen LogP) is 0.0535. The van der Waals surface area contributed by atoms with Gasteiger partial charge in [-0.1, -0.05) is 19.1 Å². The number of hydrogen-bond donors (Lipinski definition) is 7. The largest absolute Gasteiger partial charge is 0.508 e. The number of phenolic OH excluding ortho intramolecular Hbond substituents is 1. The number of carboxylic acids is 1. The maximum absolute atomic E-state index is 13.5. The highest BCUT2D eigenvalue weighted by Gasteiger charge is 2.64. The molecule has 1 saturated carbocycles. The van der Waals surface area contributed by atoms with E-state index in [4.69, 9.17) is 10.8 Å². The molecule has 178 valence electrons. The van der Waals surface area contributed by atoms with Crippen LogP contribution in [0, 0.1) is 11.8 Å². The van der Waals surface area contributed by atoms with E-state index in [-0.39, 0.29) is 11.1 Å². The maximum Gasteiger partial charge on any atom is 0.328 e. The Balaban J connectivity index is 1.98. The number of aliphatic hydroxyl groups excluding tert-OH is 3. The number of aliphatic carboxylic acids is 1. The van der Waals surface area contributed by atoms with Crippen molar-refractivity contribution in [1.29, 1.82) is 0 Å². The molecule has 0 saturated heterocycles. The Morgan fingerprint density at radius 1 is 1.18 bits per heavy atom. The van der Waals surface area contributed by atoms with Gasteiger partial charge in [-0.15, -0.1) is 0 Å². The second-order valence-electron chi connectivity index (χ2n) is 8.62. The molecule has 1 aromatic rings. The van der Waals surface area contributed by atoms with Gasteiger partial charge in [-0.25, -0.2) is 4.79 Å². The Morgan fingerprint density at radius 3 is 2.41 bits per heavy atom. The average molecular weight is 471 g/mol. The molecule has 5 atom stereocenters. The van der Waals surface area contributed by atoms with Crippen LogP contribution >= 0.6 is 0 Å². The van der Waals surface area contributed by atoms with Gasteiger partial charge < -0.3 is 36.4 Å². The lowest BCUT2D eigenvalue weighted by molar-refractivity contribution is -0.160. The number of aromatic hydroxyl groups is 1. The van der Waals surface area contributed by atoms with Crippen LogP contribution in [-0.2, 0) is 19.2 Å². The van der Waals surface area contributed by atoms with Gasteiger partial charge in [0, 0.05) is 35.5 Å². The molecule has 1 fully saturated rings. The van der Waals surface area contributed by atoms with Gasteiger partial charge in [0.2, 0.25) is 5.78 Å². The number of aliphatic hydroxyl groups is 4. The van der Waals surface area contributed by atoms with Gasteiger partial charge in [0.25, 0.3) is 5.91 Å². The van der Waals surface area contributed by atoms with E-state index >= 15 is 0 Å². The van der Waals surface area contributed by atoms with Gasteiger partial charge in [0.1, 0.15) is 22.8 Å². The van der Waals surface area contributed by atoms with Crippen LogP contribution in [0.15, 0.2) is 35.1 Å². The van der Waals surface area contributed by atoms with Crippen LogP contribution in [0.5, 0.6) is 5.75 Å². The second-order valence-corrected chi connectivity index (χ2v) is 8.62. The fraction of sp³-hybridized carbons (Fsp3) is 0.304. The molecule has 11 heteroatoms. The lowest BCUT2D eigenvalue weighted by atomic mass is 9.55. The molecule has 0 radical (unpaired) electrons. The summed E-state index contributed by atoms with van der Waals surface area (Å²) in [4.78, 5) is 48.4. The lowest BCUT2D eigenvalue weighted by Crippen LogP contribution is -2.63. The zero-order chi connectivity index (χ0) is 25.3. The van der Waals surface area contributed by atoms with Crippen molar-refractivity contribution in [2.45, 2.75) is 31.0 Å². The summed E-state index contributed by atoms with van der Waals surface area (Å²) < 4.78 is 0. The van der Waals surface area contributed by atoms with E-state index in [9.17, 15) is 44.7 Å². The SMILES string of the molecule is C[C@H]1c2ccc(/C=C/C(=O)O)c(O)c2C(O)=C2C(=O)[C@]3(O)C(O)=C(C(N)=O)C(=O)C[C@@H]3[C@@H](O)[C@@H]21. The molecular weight excluding hydrogens is 450 g/mol. The fourth-order valence-electron chi connectivity index (χ4n) is 5.31. The van der Waals surface area contributed by atoms with E-state index in [1.165, 1.54) is 12.1 Å². The minimum atomic E-state index is -2.91. The number of primary amides is 1. The van der Waals surface area contributed by atoms with Crippen molar-refractivity contribution < 1.29 is 49.8 Å². The van der Waals surface area contributed by atoms with Crippen LogP contribution in [-0.4, -0.2) is 65.8 Å². The predicted molar refractivity (Wildman–Crippen MR) is 114 cm³/mol. The summed E-state index contributed by atoms with van der Waals surface area (Å²) in [6.45, 7) is 1.60. The molecule has 34 heavy (non-hydrogen) atoms. The molecule has 1 amide bonds. The quantitative estimate of drug-likeness (QED) is 0.232. The fourth-order valence-corrected chi connectivity index (χ4v) is 5.31. The molecule has 3 aliphatic carbocycles. The van der Waals surface area contributed by atoms with Crippen molar-refractivity contribution in [2.24, 2.45) is 17.6 Å². The van der Waals surface area contributed by atoms with Crippen molar-refractivity contribution in [3.63, 3.8) is 0 Å². The zero-order valence-electron chi connectivity index (χ0n) is 17.7. The summed E-state index contributed by atoms with van der Waals surface area (Å²) in [6.07, 6.45) is -0.428. The minimum Gasteiger partial charge on any atom is -0.508 e. The number of fused-ring (bicyclic) bond motifs is 3. The van der Waals surface area contributed by atoms with Gasteiger partial charge in [-0.3, -0.25) is 14.4 Å². The van der Waals surface area contributed by atoms with Gasteiger partial charge in [0.15, 0.2) is 11.4 Å². The standard InChI is InChI=1S/C23H21NO10/c1-7-9-4-2-8(3-5-12(26)27)17(28)14(9)19(30)16-13(7)18(29)10-6-11(25)15(22(24)33)20(31)23(10,34)21(16)32/h2-5,7,10,13,18,28-31,34H,6H2,1H3,(H2,24,33)(H,26,27)/b5-3+/t7-,10+,13+,18+,23+/m0/s1. The molecule has 4 rings (SSSR count). The Morgan fingerprint density at radius 2 is 1.82 bits per heavy atom. The normalized spacial score (nSPS) is 30.8. The molecule has 0 spiro atoms. The number of benzene rings is 1. The number of ketones is 2. The van der Waals surface area contributed by atoms with E-state index in [1.54, 1.807) is 6.92 Å². The van der Waals surface area contributed by atoms with Gasteiger partial charge in [-0.05, 0) is 17.6 Å². The van der Waals surface area contributed by atoms with E-state index in [0.29, 0.717) is 5.56 Å². The number of Topliss-reactive ketones (excluding diaryl/α,β-unsaturated/α-hetero) is 2. The van der Waals surface area contributed by atoms with Crippen LogP contribution in [0.2, 0.25) is 0 Å². The first-order chi connectivity index (χ1) is 15.8. The number of carbonyl (C=O) groups is 4. The number of rotatable bonds is 3. The summed E-state index contributed by atoms with van der Waals surface area (Å²) in [5, 5.41) is 63.6. The molecular formula is C23H21NO10. The molecule has 0 bridgehead atoms. The number of carbonyl (C=O) groups excluding carboxylic acids is 3. The summed E-state index contributed by atoms with van der Waals surface area (Å²) in [6, 6.07) is 2.88. The van der Waals surface area contributed by atoms with Gasteiger partial charge in [0.05, 0.1) is 11.7 Å². The lowest BCUT2D eigenvalue weighted by Gasteiger charge is -2.50. The molecule has 1 aromatic carbocycles. The summed E-state index contributed by atoms with van der Waals surface area (Å²) >= 11 is 0. The Kier molecular flexibility index (Phi) is 5.14. The number of hydrogen-bond acceptors (Lipinski definition) is 9. The third kappa shape index (κ3) is 2.90. The third-order valence-electron chi connectivity index (χ3n) is 6.94. The number of nitrogens with two attached hydrogens (primary N) is 1. The Bertz CT molecular complexity index is 1270. The summed E-state index contributed by atoms with van der Waals surface area (Å²) in [7, 11) is 0. The van der Waals surface area contributed by atoms with Crippen molar-refractivity contribution in [1.82, 2.24) is 0 Å². The highest BCUT2D eigenvalue weighted by atomic mass is 16.4. The molecule has 11 nitrogen and oxygen atoms in total. The van der Waals surface area contributed by atoms with Crippen molar-refractivity contribution in [2.75, 3.05) is 0 Å². The topological polar surface area (TPSA) is 216 Å². The third-order valence-corrected chi connectivity index (χ3v) is 6.94. The smallest absolute Gasteiger partial charge is 0.328 e. The first kappa shape index (κ1) is 23.2. The van der Waals surface area contributed by atoms with Gasteiger partial charge in [-0.2, -0.15) is 0 Å². The molecule has 0 aliphatic heterocycles. The molecule has 8 N–H and O–H groups in total. The highest BCUT2D eigenvalue weighted by molar-refractivity contribution is 6.23. The first-order valence-corrected chi connectivity index (χ1v) is 10.3. The first-order valence-electron chi connectivity index (χ1n) is 10.3. The summed E-state index contributed by atoms with van der Waals surface area (Å²) in [5.41, 5.74) is 0.881. The Labute approximate surface area is 191 Å². The Hall–Kier alpha value is -3.96.